The van der Waals surface area contributed by atoms with Gasteiger partial charge in [0.15, 0.2) is 6.10 Å². The highest BCUT2D eigenvalue weighted by molar-refractivity contribution is 5.93. The summed E-state index contributed by atoms with van der Waals surface area (Å²) >= 11 is 0. The van der Waals surface area contributed by atoms with Gasteiger partial charge in [0.2, 0.25) is 0 Å². The van der Waals surface area contributed by atoms with Crippen LogP contribution < -0.4 is 0 Å². The van der Waals surface area contributed by atoms with Crippen molar-refractivity contribution in [2.24, 2.45) is 0 Å². The fraction of sp³-hybridized carbons (Fsp3) is 0.556. The molecule has 5 heteroatoms. The first kappa shape index (κ1) is 12.8. The fourth-order valence-corrected chi connectivity index (χ4v) is 0.622. The number of esters is 2. The predicted molar refractivity (Wildman–Crippen MR) is 48.2 cm³/mol. The van der Waals surface area contributed by atoms with Crippen molar-refractivity contribution in [3.05, 3.63) is 12.2 Å². The van der Waals surface area contributed by atoms with Gasteiger partial charge in [-0.15, -0.1) is 0 Å². The lowest BCUT2D eigenvalue weighted by atomic mass is 10.3. The second kappa shape index (κ2) is 7.23. The molecule has 0 aliphatic heterocycles. The first-order valence-electron chi connectivity index (χ1n) is 4.33. The minimum absolute atomic E-state index is 0.714. The summed E-state index contributed by atoms with van der Waals surface area (Å²) in [5, 5.41) is 17.1. The van der Waals surface area contributed by atoms with Gasteiger partial charge in [0, 0.05) is 6.08 Å². The Morgan fingerprint density at radius 3 is 2.64 bits per heavy atom. The van der Waals surface area contributed by atoms with Gasteiger partial charge in [-0.25, -0.2) is 9.59 Å². The van der Waals surface area contributed by atoms with E-state index in [1.165, 1.54) is 0 Å². The van der Waals surface area contributed by atoms with Crippen molar-refractivity contribution in [2.45, 2.75) is 25.9 Å². The Morgan fingerprint density at radius 1 is 1.50 bits per heavy atom. The second-order valence-corrected chi connectivity index (χ2v) is 2.63. The molecular weight excluding hydrogens is 188 g/mol. The third-order valence-corrected chi connectivity index (χ3v) is 1.36. The minimum atomic E-state index is -1.65. The molecule has 0 bridgehead atoms. The number of aliphatic hydroxyl groups is 2. The highest BCUT2D eigenvalue weighted by Gasteiger charge is 2.17. The number of carbonyl (C=O) groups excluding carboxylic acids is 2. The van der Waals surface area contributed by atoms with Crippen LogP contribution >= 0.6 is 0 Å². The first-order chi connectivity index (χ1) is 6.61. The highest BCUT2D eigenvalue weighted by Crippen LogP contribution is 1.93. The van der Waals surface area contributed by atoms with Gasteiger partial charge in [0.25, 0.3) is 0 Å². The van der Waals surface area contributed by atoms with Crippen molar-refractivity contribution in [3.8, 4) is 0 Å². The number of unbranched alkanes of at least 4 members (excludes halogenated alkanes) is 1. The molecule has 0 saturated carbocycles. The van der Waals surface area contributed by atoms with Gasteiger partial charge >= 0.3 is 11.9 Å². The van der Waals surface area contributed by atoms with Crippen LogP contribution in [-0.2, 0) is 14.3 Å². The largest absolute Gasteiger partial charge is 0.393 e. The monoisotopic (exact) mass is 202 g/mol. The average Bonchev–Trinajstić information content (AvgIpc) is 2.16. The summed E-state index contributed by atoms with van der Waals surface area (Å²) in [5.74, 6) is -1.98. The molecule has 1 atom stereocenters. The molecule has 0 aliphatic carbocycles. The van der Waals surface area contributed by atoms with E-state index < -0.39 is 24.6 Å². The Bertz CT molecular complexity index is 221. The number of aliphatic hydroxyl groups excluding tert-OH is 2. The summed E-state index contributed by atoms with van der Waals surface area (Å²) in [6, 6.07) is 0. The van der Waals surface area contributed by atoms with Crippen LogP contribution in [-0.4, -0.2) is 34.9 Å². The molecule has 0 aromatic heterocycles. The van der Waals surface area contributed by atoms with Crippen LogP contribution in [0.25, 0.3) is 0 Å². The molecule has 1 unspecified atom stereocenters. The quantitative estimate of drug-likeness (QED) is 0.365. The zero-order valence-corrected chi connectivity index (χ0v) is 7.97. The molecule has 0 aromatic carbocycles. The normalized spacial score (nSPS) is 12.8. The first-order valence-corrected chi connectivity index (χ1v) is 4.33. The number of hydrogen-bond acceptors (Lipinski definition) is 5. The summed E-state index contributed by atoms with van der Waals surface area (Å²) < 4.78 is 4.17. The van der Waals surface area contributed by atoms with E-state index >= 15 is 0 Å². The molecule has 0 radical (unpaired) electrons. The van der Waals surface area contributed by atoms with Crippen molar-refractivity contribution in [3.63, 3.8) is 0 Å². The number of hydrogen-bond donors (Lipinski definition) is 2. The third-order valence-electron chi connectivity index (χ3n) is 1.36. The van der Waals surface area contributed by atoms with Gasteiger partial charge in [-0.1, -0.05) is 19.4 Å². The van der Waals surface area contributed by atoms with Crippen LogP contribution in [0.5, 0.6) is 0 Å². The lowest BCUT2D eigenvalue weighted by molar-refractivity contribution is -0.164. The van der Waals surface area contributed by atoms with Crippen LogP contribution in [0.3, 0.4) is 0 Å². The molecular formula is C9H14O5. The van der Waals surface area contributed by atoms with Crippen molar-refractivity contribution in [1.82, 2.24) is 0 Å². The molecule has 14 heavy (non-hydrogen) atoms. The lowest BCUT2D eigenvalue weighted by Crippen LogP contribution is -2.28. The number of carbonyl (C=O) groups is 2. The lowest BCUT2D eigenvalue weighted by Gasteiger charge is -2.03. The maximum Gasteiger partial charge on any atom is 0.345 e. The SMILES string of the molecule is CCCC=CC(=O)OC(=O)C(O)CO. The van der Waals surface area contributed by atoms with E-state index in [9.17, 15) is 9.59 Å². The van der Waals surface area contributed by atoms with Crippen molar-refractivity contribution in [1.29, 1.82) is 0 Å². The van der Waals surface area contributed by atoms with Gasteiger partial charge in [-0.2, -0.15) is 0 Å². The number of ether oxygens (including phenoxy) is 1. The summed E-state index contributed by atoms with van der Waals surface area (Å²) in [6.45, 7) is 1.18. The van der Waals surface area contributed by atoms with Gasteiger partial charge < -0.3 is 14.9 Å². The van der Waals surface area contributed by atoms with E-state index in [0.717, 1.165) is 12.5 Å². The van der Waals surface area contributed by atoms with E-state index in [4.69, 9.17) is 10.2 Å². The summed E-state index contributed by atoms with van der Waals surface area (Å²) in [5.41, 5.74) is 0. The smallest absolute Gasteiger partial charge is 0.345 e. The van der Waals surface area contributed by atoms with E-state index in [2.05, 4.69) is 4.74 Å². The van der Waals surface area contributed by atoms with E-state index in [1.54, 1.807) is 6.08 Å². The van der Waals surface area contributed by atoms with Gasteiger partial charge in [0.05, 0.1) is 6.61 Å². The molecule has 5 nitrogen and oxygen atoms in total. The summed E-state index contributed by atoms with van der Waals surface area (Å²) in [7, 11) is 0. The molecule has 0 spiro atoms. The van der Waals surface area contributed by atoms with E-state index in [1.807, 2.05) is 6.92 Å². The molecule has 0 aliphatic rings. The predicted octanol–water partition coefficient (Wildman–Crippen LogP) is -0.234. The number of rotatable bonds is 5. The zero-order chi connectivity index (χ0) is 11.0. The van der Waals surface area contributed by atoms with Gasteiger partial charge in [0.1, 0.15) is 0 Å². The Morgan fingerprint density at radius 2 is 2.14 bits per heavy atom. The standard InChI is InChI=1S/C9H14O5/c1-2-3-4-5-8(12)14-9(13)7(11)6-10/h4-5,7,10-11H,2-3,6H2,1H3. The van der Waals surface area contributed by atoms with Gasteiger partial charge in [-0.3, -0.25) is 0 Å². The number of allylic oxidation sites excluding steroid dienone is 1. The average molecular weight is 202 g/mol. The van der Waals surface area contributed by atoms with Crippen LogP contribution in [0.15, 0.2) is 12.2 Å². The van der Waals surface area contributed by atoms with Crippen LogP contribution in [0.4, 0.5) is 0 Å². The van der Waals surface area contributed by atoms with Gasteiger partial charge in [-0.05, 0) is 6.42 Å². The maximum absolute atomic E-state index is 10.8. The highest BCUT2D eigenvalue weighted by atomic mass is 16.6. The Balaban J connectivity index is 3.88. The summed E-state index contributed by atoms with van der Waals surface area (Å²) in [4.78, 5) is 21.6. The molecule has 0 rings (SSSR count). The molecule has 0 heterocycles. The minimum Gasteiger partial charge on any atom is -0.393 e. The van der Waals surface area contributed by atoms with Crippen molar-refractivity contribution < 1.29 is 24.5 Å². The van der Waals surface area contributed by atoms with Crippen LogP contribution in [0, 0.1) is 0 Å². The fourth-order valence-electron chi connectivity index (χ4n) is 0.622. The Labute approximate surface area is 82.0 Å². The topological polar surface area (TPSA) is 83.8 Å². The van der Waals surface area contributed by atoms with Crippen LogP contribution in [0.2, 0.25) is 0 Å². The molecule has 0 amide bonds. The Kier molecular flexibility index (Phi) is 6.61. The maximum atomic E-state index is 10.8. The molecule has 0 aromatic rings. The van der Waals surface area contributed by atoms with Crippen molar-refractivity contribution in [2.75, 3.05) is 6.61 Å². The van der Waals surface area contributed by atoms with E-state index in [0.29, 0.717) is 6.42 Å². The zero-order valence-electron chi connectivity index (χ0n) is 7.97. The molecule has 0 fully saturated rings. The molecule has 2 N–H and O–H groups in total. The summed E-state index contributed by atoms with van der Waals surface area (Å²) in [6.07, 6.45) is 2.63. The van der Waals surface area contributed by atoms with E-state index in [-0.39, 0.29) is 0 Å². The third kappa shape index (κ3) is 5.45. The second-order valence-electron chi connectivity index (χ2n) is 2.63. The Hall–Kier alpha value is -1.20. The van der Waals surface area contributed by atoms with Crippen molar-refractivity contribution >= 4 is 11.9 Å². The molecule has 80 valence electrons. The molecule has 0 saturated heterocycles. The van der Waals surface area contributed by atoms with Crippen LogP contribution in [0.1, 0.15) is 19.8 Å².